The summed E-state index contributed by atoms with van der Waals surface area (Å²) in [4.78, 5) is 0. The first-order valence-corrected chi connectivity index (χ1v) is 6.20. The molecule has 2 rings (SSSR count). The fourth-order valence-corrected chi connectivity index (χ4v) is 1.84. The van der Waals surface area contributed by atoms with Crippen LogP contribution in [0.5, 0.6) is 0 Å². The topological polar surface area (TPSA) is 0 Å². The standard InChI is InChI=1S/C17H18/c1-2-6-15-9-12-17(13-10-15)14-11-16-7-4-3-5-8-16/h3-5,7-14H,2,6H2,1H3. The van der Waals surface area contributed by atoms with Crippen LogP contribution in [0.25, 0.3) is 12.2 Å². The van der Waals surface area contributed by atoms with Gasteiger partial charge in [0.05, 0.1) is 0 Å². The van der Waals surface area contributed by atoms with Gasteiger partial charge in [0.15, 0.2) is 0 Å². The highest BCUT2D eigenvalue weighted by Gasteiger charge is 1.91. The number of aryl methyl sites for hydroxylation is 1. The minimum absolute atomic E-state index is 1.17. The van der Waals surface area contributed by atoms with E-state index in [0.29, 0.717) is 0 Å². The first-order valence-electron chi connectivity index (χ1n) is 6.20. The molecule has 0 atom stereocenters. The van der Waals surface area contributed by atoms with Gasteiger partial charge in [0.2, 0.25) is 0 Å². The Labute approximate surface area is 104 Å². The SMILES string of the molecule is CCCc1ccc(C=Cc2ccccc2)cc1. The van der Waals surface area contributed by atoms with Gasteiger partial charge in [0.25, 0.3) is 0 Å². The molecule has 0 amide bonds. The van der Waals surface area contributed by atoms with Gasteiger partial charge in [-0.15, -0.1) is 0 Å². The molecule has 0 radical (unpaired) electrons. The first kappa shape index (κ1) is 11.7. The van der Waals surface area contributed by atoms with Gasteiger partial charge in [-0.25, -0.2) is 0 Å². The minimum atomic E-state index is 1.17. The van der Waals surface area contributed by atoms with E-state index in [1.54, 1.807) is 0 Å². The molecule has 0 aliphatic carbocycles. The van der Waals surface area contributed by atoms with Crippen molar-refractivity contribution in [2.45, 2.75) is 19.8 Å². The predicted octanol–water partition coefficient (Wildman–Crippen LogP) is 4.81. The van der Waals surface area contributed by atoms with Crippen LogP contribution in [0.15, 0.2) is 54.6 Å². The largest absolute Gasteiger partial charge is 0.0651 e. The quantitative estimate of drug-likeness (QED) is 0.651. The molecular weight excluding hydrogens is 204 g/mol. The summed E-state index contributed by atoms with van der Waals surface area (Å²) in [5.41, 5.74) is 3.92. The van der Waals surface area contributed by atoms with Crippen molar-refractivity contribution in [2.75, 3.05) is 0 Å². The summed E-state index contributed by atoms with van der Waals surface area (Å²) in [6, 6.07) is 19.2. The molecule has 0 N–H and O–H groups in total. The lowest BCUT2D eigenvalue weighted by Crippen LogP contribution is -1.82. The molecule has 0 aliphatic heterocycles. The number of hydrogen-bond acceptors (Lipinski definition) is 0. The van der Waals surface area contributed by atoms with Crippen LogP contribution in [-0.4, -0.2) is 0 Å². The molecule has 0 saturated carbocycles. The fourth-order valence-electron chi connectivity index (χ4n) is 1.84. The van der Waals surface area contributed by atoms with Crippen LogP contribution < -0.4 is 0 Å². The fraction of sp³-hybridized carbons (Fsp3) is 0.176. The number of rotatable bonds is 4. The van der Waals surface area contributed by atoms with Crippen molar-refractivity contribution in [2.24, 2.45) is 0 Å². The van der Waals surface area contributed by atoms with Crippen LogP contribution >= 0.6 is 0 Å². The first-order chi connectivity index (χ1) is 8.38. The van der Waals surface area contributed by atoms with E-state index < -0.39 is 0 Å². The molecule has 0 bridgehead atoms. The summed E-state index contributed by atoms with van der Waals surface area (Å²) in [5, 5.41) is 0. The molecule has 0 unspecified atom stereocenters. The summed E-state index contributed by atoms with van der Waals surface area (Å²) in [6.45, 7) is 2.21. The highest BCUT2D eigenvalue weighted by molar-refractivity contribution is 5.69. The van der Waals surface area contributed by atoms with Gasteiger partial charge in [0.1, 0.15) is 0 Å². The van der Waals surface area contributed by atoms with Crippen LogP contribution in [0.4, 0.5) is 0 Å². The summed E-state index contributed by atoms with van der Waals surface area (Å²) >= 11 is 0. The zero-order valence-electron chi connectivity index (χ0n) is 10.3. The summed E-state index contributed by atoms with van der Waals surface area (Å²) in [6.07, 6.45) is 6.68. The molecule has 0 aliphatic rings. The Bertz CT molecular complexity index is 463. The number of hydrogen-bond donors (Lipinski definition) is 0. The maximum absolute atomic E-state index is 2.22. The van der Waals surface area contributed by atoms with Gasteiger partial charge in [-0.05, 0) is 23.1 Å². The van der Waals surface area contributed by atoms with E-state index in [9.17, 15) is 0 Å². The Morgan fingerprint density at radius 2 is 1.35 bits per heavy atom. The molecule has 0 heteroatoms. The summed E-state index contributed by atoms with van der Waals surface area (Å²) in [5.74, 6) is 0. The Hall–Kier alpha value is -1.82. The van der Waals surface area contributed by atoms with Crippen LogP contribution in [0.2, 0.25) is 0 Å². The van der Waals surface area contributed by atoms with Crippen LogP contribution in [0, 0.1) is 0 Å². The smallest absolute Gasteiger partial charge is 0.0256 e. The molecule has 0 heterocycles. The van der Waals surface area contributed by atoms with Gasteiger partial charge < -0.3 is 0 Å². The van der Waals surface area contributed by atoms with E-state index in [0.717, 1.165) is 0 Å². The van der Waals surface area contributed by atoms with Gasteiger partial charge >= 0.3 is 0 Å². The molecule has 86 valence electrons. The van der Waals surface area contributed by atoms with Crippen molar-refractivity contribution in [3.8, 4) is 0 Å². The van der Waals surface area contributed by atoms with Crippen molar-refractivity contribution < 1.29 is 0 Å². The highest BCUT2D eigenvalue weighted by atomic mass is 14.0. The van der Waals surface area contributed by atoms with Crippen molar-refractivity contribution in [1.29, 1.82) is 0 Å². The molecule has 2 aromatic carbocycles. The summed E-state index contributed by atoms with van der Waals surface area (Å²) < 4.78 is 0. The molecule has 0 spiro atoms. The molecule has 0 aromatic heterocycles. The third-order valence-electron chi connectivity index (χ3n) is 2.79. The molecule has 0 fully saturated rings. The maximum Gasteiger partial charge on any atom is -0.0256 e. The van der Waals surface area contributed by atoms with Crippen LogP contribution in [0.1, 0.15) is 30.0 Å². The van der Waals surface area contributed by atoms with E-state index in [2.05, 4.69) is 67.6 Å². The Morgan fingerprint density at radius 1 is 0.765 bits per heavy atom. The van der Waals surface area contributed by atoms with E-state index in [1.807, 2.05) is 6.07 Å². The molecule has 17 heavy (non-hydrogen) atoms. The maximum atomic E-state index is 2.22. The third-order valence-corrected chi connectivity index (χ3v) is 2.79. The van der Waals surface area contributed by atoms with Crippen molar-refractivity contribution >= 4 is 12.2 Å². The van der Waals surface area contributed by atoms with Crippen molar-refractivity contribution in [3.05, 3.63) is 71.3 Å². The lowest BCUT2D eigenvalue weighted by molar-refractivity contribution is 0.922. The Balaban J connectivity index is 2.06. The summed E-state index contributed by atoms with van der Waals surface area (Å²) in [7, 11) is 0. The van der Waals surface area contributed by atoms with E-state index in [1.165, 1.54) is 29.5 Å². The Kier molecular flexibility index (Phi) is 4.15. The average Bonchev–Trinajstić information content (AvgIpc) is 2.40. The van der Waals surface area contributed by atoms with Crippen LogP contribution in [-0.2, 0) is 6.42 Å². The van der Waals surface area contributed by atoms with Crippen molar-refractivity contribution in [3.63, 3.8) is 0 Å². The molecule has 0 saturated heterocycles. The minimum Gasteiger partial charge on any atom is -0.0651 e. The molecule has 0 nitrogen and oxygen atoms in total. The normalized spacial score (nSPS) is 10.9. The van der Waals surface area contributed by atoms with Crippen molar-refractivity contribution in [1.82, 2.24) is 0 Å². The second-order valence-corrected chi connectivity index (χ2v) is 4.24. The molecule has 2 aromatic rings. The lowest BCUT2D eigenvalue weighted by Gasteiger charge is -1.99. The Morgan fingerprint density at radius 3 is 1.94 bits per heavy atom. The zero-order chi connectivity index (χ0) is 11.9. The van der Waals surface area contributed by atoms with Gasteiger partial charge in [-0.1, -0.05) is 80.1 Å². The van der Waals surface area contributed by atoms with Gasteiger partial charge in [-0.3, -0.25) is 0 Å². The van der Waals surface area contributed by atoms with E-state index in [-0.39, 0.29) is 0 Å². The second kappa shape index (κ2) is 6.05. The predicted molar refractivity (Wildman–Crippen MR) is 75.8 cm³/mol. The number of benzene rings is 2. The zero-order valence-corrected chi connectivity index (χ0v) is 10.3. The van der Waals surface area contributed by atoms with Gasteiger partial charge in [0, 0.05) is 0 Å². The lowest BCUT2D eigenvalue weighted by atomic mass is 10.1. The average molecular weight is 222 g/mol. The van der Waals surface area contributed by atoms with Gasteiger partial charge in [-0.2, -0.15) is 0 Å². The van der Waals surface area contributed by atoms with Crippen LogP contribution in [0.3, 0.4) is 0 Å². The van der Waals surface area contributed by atoms with E-state index in [4.69, 9.17) is 0 Å². The monoisotopic (exact) mass is 222 g/mol. The molecular formula is C17H18. The highest BCUT2D eigenvalue weighted by Crippen LogP contribution is 2.10. The second-order valence-electron chi connectivity index (χ2n) is 4.24. The van der Waals surface area contributed by atoms with E-state index >= 15 is 0 Å². The third kappa shape index (κ3) is 3.60.